The van der Waals surface area contributed by atoms with E-state index in [0.29, 0.717) is 23.7 Å². The number of hydrogen-bond donors (Lipinski definition) is 1. The lowest BCUT2D eigenvalue weighted by Gasteiger charge is -2.20. The molecule has 3 unspecified atom stereocenters. The molecule has 0 spiro atoms. The van der Waals surface area contributed by atoms with Crippen LogP contribution >= 0.6 is 0 Å². The van der Waals surface area contributed by atoms with E-state index < -0.39 is 5.97 Å². The van der Waals surface area contributed by atoms with Crippen molar-refractivity contribution in [3.05, 3.63) is 11.1 Å². The number of carboxylic acid groups (broad SMARTS) is 1. The lowest BCUT2D eigenvalue weighted by molar-refractivity contribution is -0.132. The number of aliphatic carboxylic acids is 1. The van der Waals surface area contributed by atoms with E-state index >= 15 is 0 Å². The SMILES string of the molecule is CC(C(=O)O)=C(C)C1CCC2OC2C1. The van der Waals surface area contributed by atoms with E-state index in [1.54, 1.807) is 6.92 Å². The lowest BCUT2D eigenvalue weighted by atomic mass is 9.83. The van der Waals surface area contributed by atoms with Crippen molar-refractivity contribution in [1.82, 2.24) is 0 Å². The summed E-state index contributed by atoms with van der Waals surface area (Å²) >= 11 is 0. The Balaban J connectivity index is 2.06. The van der Waals surface area contributed by atoms with Crippen molar-refractivity contribution in [3.63, 3.8) is 0 Å². The molecule has 3 nitrogen and oxygen atoms in total. The van der Waals surface area contributed by atoms with Crippen molar-refractivity contribution in [1.29, 1.82) is 0 Å². The predicted octanol–water partition coefficient (Wildman–Crippen LogP) is 1.97. The van der Waals surface area contributed by atoms with Gasteiger partial charge in [0.25, 0.3) is 0 Å². The van der Waals surface area contributed by atoms with Gasteiger partial charge in [-0.2, -0.15) is 0 Å². The number of epoxide rings is 1. The van der Waals surface area contributed by atoms with Crippen LogP contribution in [-0.2, 0) is 9.53 Å². The molecule has 0 aromatic heterocycles. The number of allylic oxidation sites excluding steroid dienone is 1. The van der Waals surface area contributed by atoms with Crippen molar-refractivity contribution in [2.24, 2.45) is 5.92 Å². The van der Waals surface area contributed by atoms with Gasteiger partial charge in [-0.1, -0.05) is 5.57 Å². The summed E-state index contributed by atoms with van der Waals surface area (Å²) in [6, 6.07) is 0. The zero-order chi connectivity index (χ0) is 10.3. The van der Waals surface area contributed by atoms with E-state index in [4.69, 9.17) is 9.84 Å². The third-order valence-electron chi connectivity index (χ3n) is 3.53. The second-order valence-electron chi connectivity index (χ2n) is 4.34. The molecule has 0 radical (unpaired) electrons. The van der Waals surface area contributed by atoms with Crippen LogP contribution in [0.25, 0.3) is 0 Å². The lowest BCUT2D eigenvalue weighted by Crippen LogP contribution is -2.16. The molecule has 1 saturated heterocycles. The number of carbonyl (C=O) groups is 1. The highest BCUT2D eigenvalue weighted by Gasteiger charge is 2.44. The predicted molar refractivity (Wildman–Crippen MR) is 52.0 cm³/mol. The van der Waals surface area contributed by atoms with Crippen LogP contribution in [0, 0.1) is 5.92 Å². The van der Waals surface area contributed by atoms with Crippen molar-refractivity contribution >= 4 is 5.97 Å². The summed E-state index contributed by atoms with van der Waals surface area (Å²) in [5, 5.41) is 8.87. The van der Waals surface area contributed by atoms with Gasteiger partial charge in [-0.05, 0) is 39.0 Å². The molecule has 78 valence electrons. The largest absolute Gasteiger partial charge is 0.478 e. The summed E-state index contributed by atoms with van der Waals surface area (Å²) in [4.78, 5) is 10.8. The van der Waals surface area contributed by atoms with Gasteiger partial charge < -0.3 is 9.84 Å². The van der Waals surface area contributed by atoms with E-state index in [1.807, 2.05) is 6.92 Å². The monoisotopic (exact) mass is 196 g/mol. The second-order valence-corrected chi connectivity index (χ2v) is 4.34. The fraction of sp³-hybridized carbons (Fsp3) is 0.727. The first kappa shape index (κ1) is 9.71. The number of fused-ring (bicyclic) bond motifs is 1. The minimum absolute atomic E-state index is 0.422. The van der Waals surface area contributed by atoms with Crippen LogP contribution in [0.15, 0.2) is 11.1 Å². The Morgan fingerprint density at radius 1 is 1.29 bits per heavy atom. The molecule has 2 fully saturated rings. The minimum Gasteiger partial charge on any atom is -0.478 e. The van der Waals surface area contributed by atoms with Crippen LogP contribution in [0.3, 0.4) is 0 Å². The molecular weight excluding hydrogens is 180 g/mol. The molecule has 3 atom stereocenters. The normalized spacial score (nSPS) is 37.1. The summed E-state index contributed by atoms with van der Waals surface area (Å²) in [5.74, 6) is -0.365. The molecule has 2 aliphatic rings. The Bertz CT molecular complexity index is 293. The zero-order valence-electron chi connectivity index (χ0n) is 8.62. The van der Waals surface area contributed by atoms with E-state index in [9.17, 15) is 4.79 Å². The highest BCUT2D eigenvalue weighted by Crippen LogP contribution is 2.42. The molecule has 14 heavy (non-hydrogen) atoms. The Hall–Kier alpha value is -0.830. The molecule has 0 bridgehead atoms. The number of ether oxygens (including phenoxy) is 1. The molecule has 1 aliphatic carbocycles. The Labute approximate surface area is 83.8 Å². The van der Waals surface area contributed by atoms with E-state index in [2.05, 4.69) is 0 Å². The standard InChI is InChI=1S/C11H16O3/c1-6(7(2)11(12)13)8-3-4-9-10(5-8)14-9/h8-10H,3-5H2,1-2H3,(H,12,13). The topological polar surface area (TPSA) is 49.8 Å². The van der Waals surface area contributed by atoms with Gasteiger partial charge in [0.05, 0.1) is 12.2 Å². The van der Waals surface area contributed by atoms with Crippen LogP contribution in [0.5, 0.6) is 0 Å². The molecule has 0 amide bonds. The first-order valence-corrected chi connectivity index (χ1v) is 5.15. The Kier molecular flexibility index (Phi) is 2.35. The molecule has 2 rings (SSSR count). The van der Waals surface area contributed by atoms with Gasteiger partial charge >= 0.3 is 5.97 Å². The molecule has 3 heteroatoms. The molecule has 0 aromatic rings. The highest BCUT2D eigenvalue weighted by molar-refractivity contribution is 5.86. The second kappa shape index (κ2) is 3.39. The third-order valence-corrected chi connectivity index (χ3v) is 3.53. The summed E-state index contributed by atoms with van der Waals surface area (Å²) in [7, 11) is 0. The van der Waals surface area contributed by atoms with Gasteiger partial charge in [0, 0.05) is 5.57 Å². The fourth-order valence-corrected chi connectivity index (χ4v) is 2.27. The molecule has 1 N–H and O–H groups in total. The maximum Gasteiger partial charge on any atom is 0.331 e. The molecule has 1 saturated carbocycles. The average Bonchev–Trinajstić information content (AvgIpc) is 2.92. The van der Waals surface area contributed by atoms with Crippen LogP contribution in [0.4, 0.5) is 0 Å². The maximum absolute atomic E-state index is 10.8. The fourth-order valence-electron chi connectivity index (χ4n) is 2.27. The van der Waals surface area contributed by atoms with Crippen molar-refractivity contribution < 1.29 is 14.6 Å². The quantitative estimate of drug-likeness (QED) is 0.542. The first-order chi connectivity index (χ1) is 6.59. The van der Waals surface area contributed by atoms with Crippen LogP contribution in [0.1, 0.15) is 33.1 Å². The third kappa shape index (κ3) is 1.69. The van der Waals surface area contributed by atoms with Crippen molar-refractivity contribution in [3.8, 4) is 0 Å². The van der Waals surface area contributed by atoms with Gasteiger partial charge in [-0.15, -0.1) is 0 Å². The number of carboxylic acids is 1. The Morgan fingerprint density at radius 3 is 2.57 bits per heavy atom. The van der Waals surface area contributed by atoms with Gasteiger partial charge in [-0.25, -0.2) is 4.79 Å². The van der Waals surface area contributed by atoms with Gasteiger partial charge in [0.2, 0.25) is 0 Å². The summed E-state index contributed by atoms with van der Waals surface area (Å²) in [6.45, 7) is 3.63. The van der Waals surface area contributed by atoms with Crippen molar-refractivity contribution in [2.75, 3.05) is 0 Å². The first-order valence-electron chi connectivity index (χ1n) is 5.15. The van der Waals surface area contributed by atoms with Crippen LogP contribution < -0.4 is 0 Å². The summed E-state index contributed by atoms with van der Waals surface area (Å²) in [6.07, 6.45) is 4.10. The highest BCUT2D eigenvalue weighted by atomic mass is 16.6. The van der Waals surface area contributed by atoms with Gasteiger partial charge in [0.15, 0.2) is 0 Å². The van der Waals surface area contributed by atoms with E-state index in [-0.39, 0.29) is 0 Å². The molecule has 1 aliphatic heterocycles. The maximum atomic E-state index is 10.8. The smallest absolute Gasteiger partial charge is 0.331 e. The molecule has 0 aromatic carbocycles. The van der Waals surface area contributed by atoms with Gasteiger partial charge in [0.1, 0.15) is 0 Å². The molecular formula is C11H16O3. The summed E-state index contributed by atoms with van der Waals surface area (Å²) in [5.41, 5.74) is 1.54. The number of hydrogen-bond acceptors (Lipinski definition) is 2. The van der Waals surface area contributed by atoms with E-state index in [0.717, 1.165) is 24.8 Å². The van der Waals surface area contributed by atoms with E-state index in [1.165, 1.54) is 0 Å². The van der Waals surface area contributed by atoms with Crippen LogP contribution in [0.2, 0.25) is 0 Å². The zero-order valence-corrected chi connectivity index (χ0v) is 8.62. The minimum atomic E-state index is -0.790. The van der Waals surface area contributed by atoms with Crippen LogP contribution in [-0.4, -0.2) is 23.3 Å². The summed E-state index contributed by atoms with van der Waals surface area (Å²) < 4.78 is 5.43. The Morgan fingerprint density at radius 2 is 2.00 bits per heavy atom. The van der Waals surface area contributed by atoms with Gasteiger partial charge in [-0.3, -0.25) is 0 Å². The molecule has 1 heterocycles. The number of rotatable bonds is 2. The van der Waals surface area contributed by atoms with Crippen molar-refractivity contribution in [2.45, 2.75) is 45.3 Å². The average molecular weight is 196 g/mol.